The maximum atomic E-state index is 13.3. The summed E-state index contributed by atoms with van der Waals surface area (Å²) in [5.41, 5.74) is 1.47. The van der Waals surface area contributed by atoms with E-state index in [9.17, 15) is 14.9 Å². The molecule has 0 bridgehead atoms. The van der Waals surface area contributed by atoms with Crippen LogP contribution < -0.4 is 0 Å². The van der Waals surface area contributed by atoms with Crippen LogP contribution in [0.2, 0.25) is 5.02 Å². The summed E-state index contributed by atoms with van der Waals surface area (Å²) in [4.78, 5) is 27.4. The third kappa shape index (κ3) is 3.59. The van der Waals surface area contributed by atoms with Gasteiger partial charge in [0.15, 0.2) is 0 Å². The number of carbonyl (C=O) groups is 2. The van der Waals surface area contributed by atoms with E-state index in [0.29, 0.717) is 27.7 Å². The molecule has 0 N–H and O–H groups in total. The van der Waals surface area contributed by atoms with E-state index >= 15 is 0 Å². The zero-order valence-electron chi connectivity index (χ0n) is 16.7. The van der Waals surface area contributed by atoms with Gasteiger partial charge in [-0.05, 0) is 55.7 Å². The second-order valence-electron chi connectivity index (χ2n) is 7.62. The van der Waals surface area contributed by atoms with Crippen molar-refractivity contribution in [1.82, 2.24) is 4.90 Å². The predicted octanol–water partition coefficient (Wildman–Crippen LogP) is 5.52. The average Bonchev–Trinajstić information content (AvgIpc) is 3.21. The molecule has 1 aliphatic carbocycles. The van der Waals surface area contributed by atoms with Crippen LogP contribution in [0.4, 0.5) is 0 Å². The number of rotatable bonds is 3. The fourth-order valence-electron chi connectivity index (χ4n) is 4.15. The fourth-order valence-corrected chi connectivity index (χ4v) is 4.38. The van der Waals surface area contributed by atoms with Crippen LogP contribution in [0.1, 0.15) is 44.8 Å². The number of halogens is 1. The third-order valence-corrected chi connectivity index (χ3v) is 6.09. The molecule has 0 atom stereocenters. The molecule has 6 heteroatoms. The number of hydrogen-bond acceptors (Lipinski definition) is 4. The molecule has 0 radical (unpaired) electrons. The molecule has 2 aliphatic rings. The van der Waals surface area contributed by atoms with E-state index in [-0.39, 0.29) is 17.5 Å². The number of amides is 2. The molecule has 30 heavy (non-hydrogen) atoms. The van der Waals surface area contributed by atoms with Gasteiger partial charge in [0.2, 0.25) is 0 Å². The molecule has 2 amide bonds. The number of benzene rings is 1. The number of imide groups is 1. The van der Waals surface area contributed by atoms with Gasteiger partial charge in [0.05, 0.1) is 5.02 Å². The first kappa shape index (κ1) is 20.2. The van der Waals surface area contributed by atoms with Gasteiger partial charge >= 0.3 is 0 Å². The van der Waals surface area contributed by atoms with Gasteiger partial charge in [-0.15, -0.1) is 0 Å². The Morgan fingerprint density at radius 2 is 1.83 bits per heavy atom. The van der Waals surface area contributed by atoms with Gasteiger partial charge in [-0.3, -0.25) is 14.5 Å². The summed E-state index contributed by atoms with van der Waals surface area (Å²) in [6, 6.07) is 12.7. The Labute approximate surface area is 180 Å². The monoisotopic (exact) mass is 420 g/mol. The smallest absolute Gasteiger partial charge is 0.271 e. The number of hydrogen-bond donors (Lipinski definition) is 0. The quantitative estimate of drug-likeness (QED) is 0.483. The van der Waals surface area contributed by atoms with E-state index in [1.165, 1.54) is 4.90 Å². The summed E-state index contributed by atoms with van der Waals surface area (Å²) in [5.74, 6) is 0.195. The minimum absolute atomic E-state index is 0.0179. The highest BCUT2D eigenvalue weighted by Crippen LogP contribution is 2.34. The van der Waals surface area contributed by atoms with Gasteiger partial charge in [-0.2, -0.15) is 5.26 Å². The highest BCUT2D eigenvalue weighted by atomic mass is 35.5. The zero-order valence-corrected chi connectivity index (χ0v) is 17.4. The molecule has 1 aromatic heterocycles. The Kier molecular flexibility index (Phi) is 5.61. The summed E-state index contributed by atoms with van der Waals surface area (Å²) >= 11 is 6.25. The van der Waals surface area contributed by atoms with E-state index in [1.54, 1.807) is 31.2 Å². The number of nitrogens with zero attached hydrogens (tertiary/aromatic N) is 2. The van der Waals surface area contributed by atoms with E-state index in [0.717, 1.165) is 37.7 Å². The summed E-state index contributed by atoms with van der Waals surface area (Å²) < 4.78 is 5.90. The van der Waals surface area contributed by atoms with Crippen LogP contribution in [0.5, 0.6) is 0 Å². The number of furan rings is 1. The molecule has 1 aliphatic heterocycles. The minimum atomic E-state index is -0.486. The standard InChI is InChI=1S/C24H21ClN2O3/c1-15-19(13-17-11-12-22(30-17)18-9-5-6-10-21(18)25)23(28)27(24(29)20(15)14-26)16-7-3-2-4-8-16/h5-6,9-13,16H,2-4,7-8H2,1H3/b19-13+. The summed E-state index contributed by atoms with van der Waals surface area (Å²) in [7, 11) is 0. The zero-order chi connectivity index (χ0) is 21.3. The Balaban J connectivity index is 1.73. The van der Waals surface area contributed by atoms with E-state index in [2.05, 4.69) is 0 Å². The topological polar surface area (TPSA) is 74.3 Å². The van der Waals surface area contributed by atoms with Crippen molar-refractivity contribution in [3.63, 3.8) is 0 Å². The molecule has 1 aromatic carbocycles. The van der Waals surface area contributed by atoms with Gasteiger partial charge in [0.25, 0.3) is 11.8 Å². The normalized spacial score (nSPS) is 19.5. The molecule has 2 aromatic rings. The van der Waals surface area contributed by atoms with Crippen molar-refractivity contribution >= 4 is 29.5 Å². The van der Waals surface area contributed by atoms with Crippen LogP contribution >= 0.6 is 11.6 Å². The second kappa shape index (κ2) is 8.33. The third-order valence-electron chi connectivity index (χ3n) is 5.77. The molecule has 0 spiro atoms. The lowest BCUT2D eigenvalue weighted by Gasteiger charge is -2.36. The molecular formula is C24H21ClN2O3. The second-order valence-corrected chi connectivity index (χ2v) is 8.03. The lowest BCUT2D eigenvalue weighted by Crippen LogP contribution is -2.49. The van der Waals surface area contributed by atoms with Crippen molar-refractivity contribution in [3.05, 3.63) is 63.9 Å². The first-order valence-electron chi connectivity index (χ1n) is 10.1. The Bertz CT molecular complexity index is 1110. The number of carbonyl (C=O) groups excluding carboxylic acids is 2. The van der Waals surface area contributed by atoms with E-state index in [4.69, 9.17) is 16.0 Å². The van der Waals surface area contributed by atoms with Crippen LogP contribution in [-0.4, -0.2) is 22.8 Å². The average molecular weight is 421 g/mol. The molecule has 1 fully saturated rings. The van der Waals surface area contributed by atoms with Crippen molar-refractivity contribution in [2.45, 2.75) is 45.1 Å². The molecule has 2 heterocycles. The van der Waals surface area contributed by atoms with Crippen molar-refractivity contribution < 1.29 is 14.0 Å². The Morgan fingerprint density at radius 1 is 1.10 bits per heavy atom. The van der Waals surface area contributed by atoms with Gasteiger partial charge in [0.1, 0.15) is 23.2 Å². The van der Waals surface area contributed by atoms with Crippen LogP contribution in [0, 0.1) is 11.3 Å². The molecule has 5 nitrogen and oxygen atoms in total. The van der Waals surface area contributed by atoms with Gasteiger partial charge in [-0.1, -0.05) is 43.0 Å². The first-order chi connectivity index (χ1) is 14.5. The van der Waals surface area contributed by atoms with Crippen molar-refractivity contribution in [1.29, 1.82) is 5.26 Å². The van der Waals surface area contributed by atoms with Gasteiger partial charge < -0.3 is 4.42 Å². The lowest BCUT2D eigenvalue weighted by molar-refractivity contribution is -0.143. The van der Waals surface area contributed by atoms with E-state index < -0.39 is 5.91 Å². The highest BCUT2D eigenvalue weighted by molar-refractivity contribution is 6.33. The lowest BCUT2D eigenvalue weighted by atomic mass is 9.89. The summed E-state index contributed by atoms with van der Waals surface area (Å²) in [6.07, 6.45) is 6.22. The van der Waals surface area contributed by atoms with E-state index in [1.807, 2.05) is 24.3 Å². The maximum Gasteiger partial charge on any atom is 0.271 e. The highest BCUT2D eigenvalue weighted by Gasteiger charge is 2.40. The van der Waals surface area contributed by atoms with Crippen molar-refractivity contribution in [2.75, 3.05) is 0 Å². The molecule has 152 valence electrons. The molecule has 0 saturated heterocycles. The summed E-state index contributed by atoms with van der Waals surface area (Å²) in [6.45, 7) is 1.64. The first-order valence-corrected chi connectivity index (χ1v) is 10.4. The van der Waals surface area contributed by atoms with Gasteiger partial charge in [0, 0.05) is 17.2 Å². The van der Waals surface area contributed by atoms with Crippen LogP contribution in [0.25, 0.3) is 17.4 Å². The largest absolute Gasteiger partial charge is 0.457 e. The van der Waals surface area contributed by atoms with Crippen LogP contribution in [0.3, 0.4) is 0 Å². The molecule has 4 rings (SSSR count). The predicted molar refractivity (Wildman–Crippen MR) is 114 cm³/mol. The molecular weight excluding hydrogens is 400 g/mol. The molecule has 0 unspecified atom stereocenters. The molecule has 1 saturated carbocycles. The Morgan fingerprint density at radius 3 is 2.53 bits per heavy atom. The SMILES string of the molecule is CC1=C(C#N)C(=O)N(C2CCCCC2)C(=O)/C1=C/c1ccc(-c2ccccc2Cl)o1. The van der Waals surface area contributed by atoms with Crippen molar-refractivity contribution in [2.24, 2.45) is 0 Å². The maximum absolute atomic E-state index is 13.3. The van der Waals surface area contributed by atoms with Crippen molar-refractivity contribution in [3.8, 4) is 17.4 Å². The Hall–Kier alpha value is -3.10. The van der Waals surface area contributed by atoms with Gasteiger partial charge in [-0.25, -0.2) is 0 Å². The summed E-state index contributed by atoms with van der Waals surface area (Å²) in [5, 5.41) is 10.1. The fraction of sp³-hybridized carbons (Fsp3) is 0.292. The van der Waals surface area contributed by atoms with Crippen LogP contribution in [-0.2, 0) is 9.59 Å². The number of nitriles is 1. The van der Waals surface area contributed by atoms with Crippen LogP contribution in [0.15, 0.2) is 57.5 Å². The minimum Gasteiger partial charge on any atom is -0.457 e.